The molecule has 1 unspecified atom stereocenters. The van der Waals surface area contributed by atoms with Crippen LogP contribution in [-0.2, 0) is 0 Å². The van der Waals surface area contributed by atoms with E-state index in [1.807, 2.05) is 55.4 Å². The Morgan fingerprint density at radius 3 is 2.52 bits per heavy atom. The second-order valence-corrected chi connectivity index (χ2v) is 6.92. The van der Waals surface area contributed by atoms with Crippen LogP contribution in [0, 0.1) is 6.92 Å². The van der Waals surface area contributed by atoms with Gasteiger partial charge in [-0.3, -0.25) is 14.7 Å². The number of amides is 1. The fourth-order valence-electron chi connectivity index (χ4n) is 3.34. The maximum atomic E-state index is 12.8. The molecule has 0 N–H and O–H groups in total. The zero-order valence-corrected chi connectivity index (χ0v) is 15.7. The molecule has 1 aromatic heterocycles. The van der Waals surface area contributed by atoms with Crippen LogP contribution < -0.4 is 0 Å². The molecule has 0 bridgehead atoms. The maximum Gasteiger partial charge on any atom is 0.253 e. The van der Waals surface area contributed by atoms with E-state index in [1.165, 1.54) is 0 Å². The Kier molecular flexibility index (Phi) is 6.06. The van der Waals surface area contributed by atoms with Gasteiger partial charge in [-0.15, -0.1) is 0 Å². The highest BCUT2D eigenvalue weighted by atomic mass is 16.2. The molecule has 3 rings (SSSR count). The summed E-state index contributed by atoms with van der Waals surface area (Å²) in [5.41, 5.74) is 12.4. The lowest BCUT2D eigenvalue weighted by atomic mass is 10.0. The minimum Gasteiger partial charge on any atom is -0.336 e. The second kappa shape index (κ2) is 8.66. The third kappa shape index (κ3) is 4.64. The number of pyridine rings is 1. The Balaban J connectivity index is 1.61. The molecule has 0 aliphatic carbocycles. The van der Waals surface area contributed by atoms with E-state index in [2.05, 4.69) is 26.0 Å². The molecule has 27 heavy (non-hydrogen) atoms. The molecule has 140 valence electrons. The summed E-state index contributed by atoms with van der Waals surface area (Å²) < 4.78 is 0. The lowest BCUT2D eigenvalue weighted by Crippen LogP contribution is -2.51. The third-order valence-corrected chi connectivity index (χ3v) is 4.97. The van der Waals surface area contributed by atoms with Crippen molar-refractivity contribution in [2.45, 2.75) is 19.9 Å². The molecule has 7 heteroatoms. The number of benzene rings is 1. The highest BCUT2D eigenvalue weighted by Gasteiger charge is 2.24. The number of aromatic nitrogens is 1. The molecule has 1 aliphatic rings. The lowest BCUT2D eigenvalue weighted by Gasteiger charge is -2.37. The summed E-state index contributed by atoms with van der Waals surface area (Å²) >= 11 is 0. The standard InChI is InChI=1S/C20H24N6O/c1-15-11-19(14-22-12-15)17-3-5-18(6-4-17)20(27)26-9-7-25(8-10-26)16(2)13-23-24-21/h3-6,11-12,14,16H,7-10,13H2,1-2H3. The average Bonchev–Trinajstić information content (AvgIpc) is 2.71. The predicted molar refractivity (Wildman–Crippen MR) is 105 cm³/mol. The molecule has 1 aliphatic heterocycles. The Morgan fingerprint density at radius 2 is 1.89 bits per heavy atom. The third-order valence-electron chi connectivity index (χ3n) is 4.97. The second-order valence-electron chi connectivity index (χ2n) is 6.92. The zero-order valence-electron chi connectivity index (χ0n) is 15.7. The molecule has 0 radical (unpaired) electrons. The molecule has 7 nitrogen and oxygen atoms in total. The normalized spacial score (nSPS) is 15.9. The van der Waals surface area contributed by atoms with Crippen LogP contribution >= 0.6 is 0 Å². The molecule has 2 heterocycles. The topological polar surface area (TPSA) is 85.2 Å². The Bertz CT molecular complexity index is 836. The first kappa shape index (κ1) is 18.9. The van der Waals surface area contributed by atoms with Crippen molar-refractivity contribution in [2.75, 3.05) is 32.7 Å². The van der Waals surface area contributed by atoms with Crippen molar-refractivity contribution in [3.05, 3.63) is 64.3 Å². The Labute approximate surface area is 159 Å². The van der Waals surface area contributed by atoms with Crippen LogP contribution in [0.2, 0.25) is 0 Å². The van der Waals surface area contributed by atoms with E-state index in [1.54, 1.807) is 0 Å². The molecule has 1 fully saturated rings. The van der Waals surface area contributed by atoms with Crippen molar-refractivity contribution in [2.24, 2.45) is 5.11 Å². The van der Waals surface area contributed by atoms with Crippen molar-refractivity contribution >= 4 is 5.91 Å². The van der Waals surface area contributed by atoms with Gasteiger partial charge in [0.15, 0.2) is 0 Å². The number of carbonyl (C=O) groups excluding carboxylic acids is 1. The molecule has 1 saturated heterocycles. The minimum atomic E-state index is 0.0614. The number of rotatable bonds is 5. The summed E-state index contributed by atoms with van der Waals surface area (Å²) in [5, 5.41) is 3.64. The zero-order chi connectivity index (χ0) is 19.2. The van der Waals surface area contributed by atoms with Gasteiger partial charge in [0.2, 0.25) is 0 Å². The predicted octanol–water partition coefficient (Wildman–Crippen LogP) is 3.51. The minimum absolute atomic E-state index is 0.0614. The monoisotopic (exact) mass is 364 g/mol. The van der Waals surface area contributed by atoms with Gasteiger partial charge in [-0.2, -0.15) is 0 Å². The van der Waals surface area contributed by atoms with Crippen molar-refractivity contribution in [1.29, 1.82) is 0 Å². The van der Waals surface area contributed by atoms with Crippen LogP contribution in [0.25, 0.3) is 21.6 Å². The highest BCUT2D eigenvalue weighted by molar-refractivity contribution is 5.94. The first-order valence-corrected chi connectivity index (χ1v) is 9.15. The van der Waals surface area contributed by atoms with Crippen molar-refractivity contribution in [3.8, 4) is 11.1 Å². The molecule has 1 amide bonds. The summed E-state index contributed by atoms with van der Waals surface area (Å²) in [7, 11) is 0. The molecule has 0 spiro atoms. The van der Waals surface area contributed by atoms with Gasteiger partial charge in [0.05, 0.1) is 0 Å². The summed E-state index contributed by atoms with van der Waals surface area (Å²) in [6.45, 7) is 7.47. The van der Waals surface area contributed by atoms with Crippen molar-refractivity contribution in [3.63, 3.8) is 0 Å². The largest absolute Gasteiger partial charge is 0.336 e. The summed E-state index contributed by atoms with van der Waals surface area (Å²) in [6.07, 6.45) is 3.66. The molecular weight excluding hydrogens is 340 g/mol. The van der Waals surface area contributed by atoms with E-state index in [4.69, 9.17) is 5.53 Å². The number of azide groups is 1. The fraction of sp³-hybridized carbons (Fsp3) is 0.400. The van der Waals surface area contributed by atoms with Gasteiger partial charge in [-0.05, 0) is 48.7 Å². The summed E-state index contributed by atoms with van der Waals surface area (Å²) in [6, 6.07) is 10.00. The van der Waals surface area contributed by atoms with Gasteiger partial charge in [0.1, 0.15) is 0 Å². The molecule has 1 atom stereocenters. The van der Waals surface area contributed by atoms with Gasteiger partial charge >= 0.3 is 0 Å². The summed E-state index contributed by atoms with van der Waals surface area (Å²) in [4.78, 5) is 24.0. The van der Waals surface area contributed by atoms with Gasteiger partial charge in [-0.1, -0.05) is 17.2 Å². The van der Waals surface area contributed by atoms with Gasteiger partial charge < -0.3 is 4.90 Å². The van der Waals surface area contributed by atoms with Gasteiger partial charge in [0, 0.05) is 67.2 Å². The van der Waals surface area contributed by atoms with Crippen molar-refractivity contribution in [1.82, 2.24) is 14.8 Å². The van der Waals surface area contributed by atoms with Crippen LogP contribution in [0.4, 0.5) is 0 Å². The van der Waals surface area contributed by atoms with Crippen LogP contribution in [0.15, 0.2) is 47.8 Å². The molecular formula is C20H24N6O. The number of hydrogen-bond acceptors (Lipinski definition) is 4. The Morgan fingerprint density at radius 1 is 1.19 bits per heavy atom. The van der Waals surface area contributed by atoms with Crippen LogP contribution in [0.3, 0.4) is 0 Å². The van der Waals surface area contributed by atoms with Crippen molar-refractivity contribution < 1.29 is 4.79 Å². The van der Waals surface area contributed by atoms with Crippen LogP contribution in [0.1, 0.15) is 22.8 Å². The highest BCUT2D eigenvalue weighted by Crippen LogP contribution is 2.20. The van der Waals surface area contributed by atoms with E-state index < -0.39 is 0 Å². The smallest absolute Gasteiger partial charge is 0.253 e. The van der Waals surface area contributed by atoms with E-state index in [9.17, 15) is 4.79 Å². The maximum absolute atomic E-state index is 12.8. The van der Waals surface area contributed by atoms with E-state index >= 15 is 0 Å². The van der Waals surface area contributed by atoms with E-state index in [0.29, 0.717) is 25.2 Å². The Hall–Kier alpha value is -2.89. The van der Waals surface area contributed by atoms with Gasteiger partial charge in [0.25, 0.3) is 5.91 Å². The lowest BCUT2D eigenvalue weighted by molar-refractivity contribution is 0.0589. The SMILES string of the molecule is Cc1cncc(-c2ccc(C(=O)N3CCN(C(C)CN=[N+]=[N-])CC3)cc2)c1. The quantitative estimate of drug-likeness (QED) is 0.462. The molecule has 2 aromatic rings. The fourth-order valence-corrected chi connectivity index (χ4v) is 3.34. The average molecular weight is 364 g/mol. The van der Waals surface area contributed by atoms with Crippen LogP contribution in [0.5, 0.6) is 0 Å². The first-order chi connectivity index (χ1) is 13.1. The number of aryl methyl sites for hydroxylation is 1. The van der Waals surface area contributed by atoms with E-state index in [-0.39, 0.29) is 11.9 Å². The first-order valence-electron chi connectivity index (χ1n) is 9.15. The number of nitrogens with zero attached hydrogens (tertiary/aromatic N) is 6. The number of carbonyl (C=O) groups is 1. The molecule has 0 saturated carbocycles. The summed E-state index contributed by atoms with van der Waals surface area (Å²) in [5.74, 6) is 0.0614. The van der Waals surface area contributed by atoms with E-state index in [0.717, 1.165) is 29.8 Å². The molecule has 1 aromatic carbocycles. The van der Waals surface area contributed by atoms with Crippen LogP contribution in [-0.4, -0.2) is 59.5 Å². The number of hydrogen-bond donors (Lipinski definition) is 0. The van der Waals surface area contributed by atoms with Gasteiger partial charge in [-0.25, -0.2) is 0 Å². The number of piperazine rings is 1.